The van der Waals surface area contributed by atoms with Gasteiger partial charge in [-0.3, -0.25) is 0 Å². The van der Waals surface area contributed by atoms with Crippen LogP contribution in [0.2, 0.25) is 0 Å². The number of hydrogen-bond donors (Lipinski definition) is 1. The summed E-state index contributed by atoms with van der Waals surface area (Å²) in [4.78, 5) is 0. The largest absolute Gasteiger partial charge is 0.375 e. The Morgan fingerprint density at radius 3 is 2.50 bits per heavy atom. The average Bonchev–Trinajstić information content (AvgIpc) is 2.16. The summed E-state index contributed by atoms with van der Waals surface area (Å²) in [7, 11) is 1.78. The van der Waals surface area contributed by atoms with E-state index in [2.05, 4.69) is 5.32 Å². The summed E-state index contributed by atoms with van der Waals surface area (Å²) in [5, 5.41) is 2.87. The lowest BCUT2D eigenvalue weighted by atomic mass is 10.2. The Kier molecular flexibility index (Phi) is 4.49. The Hall–Kier alpha value is -1.00. The van der Waals surface area contributed by atoms with E-state index in [1.165, 1.54) is 18.2 Å². The van der Waals surface area contributed by atoms with Crippen LogP contribution in [0, 0.1) is 11.6 Å². The Bertz CT molecular complexity index is 271. The maximum absolute atomic E-state index is 13.0. The number of likely N-dealkylation sites (N-methyl/N-ethyl adjacent to an activating group) is 1. The van der Waals surface area contributed by atoms with Crippen molar-refractivity contribution < 1.29 is 13.5 Å². The van der Waals surface area contributed by atoms with Gasteiger partial charge in [-0.25, -0.2) is 8.78 Å². The molecule has 0 atom stereocenters. The van der Waals surface area contributed by atoms with Gasteiger partial charge in [-0.2, -0.15) is 0 Å². The van der Waals surface area contributed by atoms with Crippen LogP contribution in [0.4, 0.5) is 8.78 Å². The molecule has 4 heteroatoms. The molecule has 1 N–H and O–H groups in total. The predicted molar refractivity (Wildman–Crippen MR) is 49.9 cm³/mol. The van der Waals surface area contributed by atoms with Gasteiger partial charge in [0.25, 0.3) is 0 Å². The first kappa shape index (κ1) is 11.1. The van der Waals surface area contributed by atoms with Gasteiger partial charge in [0, 0.05) is 12.1 Å². The van der Waals surface area contributed by atoms with Crippen molar-refractivity contribution >= 4 is 0 Å². The Morgan fingerprint density at radius 1 is 1.29 bits per heavy atom. The van der Waals surface area contributed by atoms with Crippen molar-refractivity contribution in [1.82, 2.24) is 5.32 Å². The SMILES string of the molecule is CNCCOCc1c(F)cccc1F. The van der Waals surface area contributed by atoms with Gasteiger partial charge in [0.15, 0.2) is 0 Å². The fourth-order valence-electron chi connectivity index (χ4n) is 1.02. The van der Waals surface area contributed by atoms with Crippen molar-refractivity contribution in [2.75, 3.05) is 20.2 Å². The van der Waals surface area contributed by atoms with Crippen molar-refractivity contribution in [2.45, 2.75) is 6.61 Å². The second kappa shape index (κ2) is 5.67. The van der Waals surface area contributed by atoms with Crippen molar-refractivity contribution in [3.8, 4) is 0 Å². The minimum atomic E-state index is -0.561. The van der Waals surface area contributed by atoms with Crippen molar-refractivity contribution in [3.63, 3.8) is 0 Å². The summed E-state index contributed by atoms with van der Waals surface area (Å²) in [5.74, 6) is -1.12. The van der Waals surface area contributed by atoms with Crippen LogP contribution in [-0.2, 0) is 11.3 Å². The van der Waals surface area contributed by atoms with E-state index >= 15 is 0 Å². The highest BCUT2D eigenvalue weighted by Crippen LogP contribution is 2.12. The fourth-order valence-corrected chi connectivity index (χ4v) is 1.02. The van der Waals surface area contributed by atoms with Crippen molar-refractivity contribution in [1.29, 1.82) is 0 Å². The normalized spacial score (nSPS) is 10.5. The third kappa shape index (κ3) is 3.05. The molecular formula is C10H13F2NO. The number of nitrogens with one attached hydrogen (secondary N) is 1. The molecule has 1 aromatic carbocycles. The molecule has 0 heterocycles. The quantitative estimate of drug-likeness (QED) is 0.732. The Balaban J connectivity index is 2.49. The summed E-state index contributed by atoms with van der Waals surface area (Å²) >= 11 is 0. The number of hydrogen-bond acceptors (Lipinski definition) is 2. The molecule has 0 aromatic heterocycles. The topological polar surface area (TPSA) is 21.3 Å². The molecule has 1 aromatic rings. The zero-order valence-electron chi connectivity index (χ0n) is 8.02. The molecule has 0 saturated carbocycles. The van der Waals surface area contributed by atoms with Crippen LogP contribution >= 0.6 is 0 Å². The van der Waals surface area contributed by atoms with E-state index in [9.17, 15) is 8.78 Å². The lowest BCUT2D eigenvalue weighted by Gasteiger charge is -2.05. The molecule has 0 aliphatic heterocycles. The first-order chi connectivity index (χ1) is 6.75. The van der Waals surface area contributed by atoms with Gasteiger partial charge in [0.05, 0.1) is 13.2 Å². The van der Waals surface area contributed by atoms with Crippen LogP contribution in [0.3, 0.4) is 0 Å². The summed E-state index contributed by atoms with van der Waals surface area (Å²) in [5.41, 5.74) is -0.0106. The number of rotatable bonds is 5. The van der Waals surface area contributed by atoms with Crippen LogP contribution in [-0.4, -0.2) is 20.2 Å². The van der Waals surface area contributed by atoms with E-state index in [-0.39, 0.29) is 12.2 Å². The average molecular weight is 201 g/mol. The van der Waals surface area contributed by atoms with Gasteiger partial charge in [0.1, 0.15) is 11.6 Å². The molecule has 0 aliphatic rings. The van der Waals surface area contributed by atoms with E-state index < -0.39 is 11.6 Å². The second-order valence-corrected chi connectivity index (χ2v) is 2.86. The molecule has 0 aliphatic carbocycles. The number of ether oxygens (including phenoxy) is 1. The van der Waals surface area contributed by atoms with E-state index in [0.717, 1.165) is 0 Å². The summed E-state index contributed by atoms with van der Waals surface area (Å²) < 4.78 is 31.1. The highest BCUT2D eigenvalue weighted by atomic mass is 19.1. The predicted octanol–water partition coefficient (Wildman–Crippen LogP) is 1.70. The van der Waals surface area contributed by atoms with E-state index in [1.54, 1.807) is 7.05 Å². The lowest BCUT2D eigenvalue weighted by Crippen LogP contribution is -2.14. The van der Waals surface area contributed by atoms with E-state index in [1.807, 2.05) is 0 Å². The molecule has 0 saturated heterocycles. The maximum atomic E-state index is 13.0. The van der Waals surface area contributed by atoms with E-state index in [0.29, 0.717) is 13.2 Å². The zero-order valence-corrected chi connectivity index (χ0v) is 8.02. The van der Waals surface area contributed by atoms with Crippen LogP contribution in [0.1, 0.15) is 5.56 Å². The summed E-state index contributed by atoms with van der Waals surface area (Å²) in [6, 6.07) is 3.78. The minimum absolute atomic E-state index is 0.0106. The third-order valence-corrected chi connectivity index (χ3v) is 1.80. The number of halogens is 2. The molecule has 0 fully saturated rings. The molecule has 2 nitrogen and oxygen atoms in total. The first-order valence-electron chi connectivity index (χ1n) is 4.41. The van der Waals surface area contributed by atoms with Crippen molar-refractivity contribution in [2.24, 2.45) is 0 Å². The van der Waals surface area contributed by atoms with Crippen LogP contribution < -0.4 is 5.32 Å². The number of benzene rings is 1. The molecular weight excluding hydrogens is 188 g/mol. The molecule has 0 bridgehead atoms. The van der Waals surface area contributed by atoms with Crippen LogP contribution in [0.25, 0.3) is 0 Å². The molecule has 0 radical (unpaired) electrons. The maximum Gasteiger partial charge on any atom is 0.131 e. The van der Waals surface area contributed by atoms with Gasteiger partial charge in [-0.05, 0) is 19.2 Å². The molecule has 0 spiro atoms. The van der Waals surface area contributed by atoms with Crippen LogP contribution in [0.15, 0.2) is 18.2 Å². The summed E-state index contributed by atoms with van der Waals surface area (Å²) in [6.45, 7) is 1.07. The molecule has 78 valence electrons. The van der Waals surface area contributed by atoms with Crippen molar-refractivity contribution in [3.05, 3.63) is 35.4 Å². The van der Waals surface area contributed by atoms with Gasteiger partial charge in [-0.15, -0.1) is 0 Å². The minimum Gasteiger partial charge on any atom is -0.375 e. The van der Waals surface area contributed by atoms with Gasteiger partial charge in [-0.1, -0.05) is 6.07 Å². The Labute approximate surface area is 81.9 Å². The third-order valence-electron chi connectivity index (χ3n) is 1.80. The van der Waals surface area contributed by atoms with Crippen LogP contribution in [0.5, 0.6) is 0 Å². The Morgan fingerprint density at radius 2 is 1.93 bits per heavy atom. The molecule has 0 amide bonds. The first-order valence-corrected chi connectivity index (χ1v) is 4.41. The van der Waals surface area contributed by atoms with Gasteiger partial charge < -0.3 is 10.1 Å². The molecule has 14 heavy (non-hydrogen) atoms. The molecule has 1 rings (SSSR count). The fraction of sp³-hybridized carbons (Fsp3) is 0.400. The summed E-state index contributed by atoms with van der Waals surface area (Å²) in [6.07, 6.45) is 0. The lowest BCUT2D eigenvalue weighted by molar-refractivity contribution is 0.119. The highest BCUT2D eigenvalue weighted by Gasteiger charge is 2.07. The standard InChI is InChI=1S/C10H13F2NO/c1-13-5-6-14-7-8-9(11)3-2-4-10(8)12/h2-4,13H,5-7H2,1H3. The highest BCUT2D eigenvalue weighted by molar-refractivity contribution is 5.18. The monoisotopic (exact) mass is 201 g/mol. The van der Waals surface area contributed by atoms with E-state index in [4.69, 9.17) is 4.74 Å². The molecule has 0 unspecified atom stereocenters. The smallest absolute Gasteiger partial charge is 0.131 e. The van der Waals surface area contributed by atoms with Gasteiger partial charge in [0.2, 0.25) is 0 Å². The second-order valence-electron chi connectivity index (χ2n) is 2.86. The van der Waals surface area contributed by atoms with Gasteiger partial charge >= 0.3 is 0 Å². The zero-order chi connectivity index (χ0) is 10.4.